The van der Waals surface area contributed by atoms with Gasteiger partial charge in [-0.15, -0.1) is 0 Å². The predicted octanol–water partition coefficient (Wildman–Crippen LogP) is 2.47. The summed E-state index contributed by atoms with van der Waals surface area (Å²) in [6.07, 6.45) is 0. The van der Waals surface area contributed by atoms with Crippen molar-refractivity contribution in [3.05, 3.63) is 34.3 Å². The number of hydrogen-bond acceptors (Lipinski definition) is 2. The number of carbonyl (C=O) groups is 1. The fourth-order valence-corrected chi connectivity index (χ4v) is 1.33. The molecular weight excluding hydrogens is 196 g/mol. The van der Waals surface area contributed by atoms with E-state index in [9.17, 15) is 4.79 Å². The summed E-state index contributed by atoms with van der Waals surface area (Å²) in [6, 6.07) is 4.74. The minimum Gasteiger partial charge on any atom is -0.478 e. The molecule has 1 rings (SSSR count). The number of rotatable bonds is 2. The Kier molecular flexibility index (Phi) is 3.00. The molecule has 64 valence electrons. The Bertz CT molecular complexity index is 312. The van der Waals surface area contributed by atoms with Gasteiger partial charge in [0.25, 0.3) is 0 Å². The van der Waals surface area contributed by atoms with Gasteiger partial charge in [-0.25, -0.2) is 4.79 Å². The van der Waals surface area contributed by atoms with Gasteiger partial charge in [0.1, 0.15) is 0 Å². The summed E-state index contributed by atoms with van der Waals surface area (Å²) in [7, 11) is 0. The molecule has 0 bridgehead atoms. The molecule has 1 N–H and O–H groups in total. The van der Waals surface area contributed by atoms with Gasteiger partial charge < -0.3 is 5.11 Å². The molecule has 0 atom stereocenters. The SMILES string of the molecule is O=C(O)c1cc(Cl)ccc1CS. The molecule has 0 heterocycles. The van der Waals surface area contributed by atoms with Gasteiger partial charge in [-0.2, -0.15) is 12.6 Å². The van der Waals surface area contributed by atoms with E-state index in [1.165, 1.54) is 6.07 Å². The van der Waals surface area contributed by atoms with E-state index in [0.717, 1.165) is 0 Å². The van der Waals surface area contributed by atoms with Crippen LogP contribution >= 0.6 is 24.2 Å². The Morgan fingerprint density at radius 3 is 2.75 bits per heavy atom. The molecule has 4 heteroatoms. The second-order valence-corrected chi connectivity index (χ2v) is 3.02. The monoisotopic (exact) mass is 202 g/mol. The molecule has 0 unspecified atom stereocenters. The topological polar surface area (TPSA) is 37.3 Å². The first-order chi connectivity index (χ1) is 5.65. The van der Waals surface area contributed by atoms with Crippen molar-refractivity contribution >= 4 is 30.2 Å². The Morgan fingerprint density at radius 2 is 2.25 bits per heavy atom. The van der Waals surface area contributed by atoms with E-state index in [2.05, 4.69) is 12.6 Å². The van der Waals surface area contributed by atoms with Gasteiger partial charge in [0, 0.05) is 10.8 Å². The third-order valence-corrected chi connectivity index (χ3v) is 2.05. The number of aromatic carboxylic acids is 1. The smallest absolute Gasteiger partial charge is 0.336 e. The van der Waals surface area contributed by atoms with Crippen molar-refractivity contribution in [3.8, 4) is 0 Å². The lowest BCUT2D eigenvalue weighted by Crippen LogP contribution is -2.00. The Balaban J connectivity index is 3.21. The van der Waals surface area contributed by atoms with Crippen molar-refractivity contribution in [1.82, 2.24) is 0 Å². The summed E-state index contributed by atoms with van der Waals surface area (Å²) < 4.78 is 0. The number of hydrogen-bond donors (Lipinski definition) is 2. The molecule has 0 fully saturated rings. The Labute approximate surface area is 80.6 Å². The van der Waals surface area contributed by atoms with Crippen LogP contribution in [0.3, 0.4) is 0 Å². The van der Waals surface area contributed by atoms with E-state index in [1.807, 2.05) is 0 Å². The summed E-state index contributed by atoms with van der Waals surface area (Å²) in [6.45, 7) is 0. The predicted molar refractivity (Wildman–Crippen MR) is 51.1 cm³/mol. The van der Waals surface area contributed by atoms with Crippen LogP contribution in [0.1, 0.15) is 15.9 Å². The van der Waals surface area contributed by atoms with E-state index in [0.29, 0.717) is 16.3 Å². The van der Waals surface area contributed by atoms with Gasteiger partial charge in [-0.1, -0.05) is 17.7 Å². The molecule has 2 nitrogen and oxygen atoms in total. The molecule has 0 aliphatic rings. The van der Waals surface area contributed by atoms with Gasteiger partial charge >= 0.3 is 5.97 Å². The van der Waals surface area contributed by atoms with Crippen LogP contribution in [0, 0.1) is 0 Å². The van der Waals surface area contributed by atoms with Crippen LogP contribution in [-0.2, 0) is 5.75 Å². The number of carboxylic acids is 1. The number of benzene rings is 1. The summed E-state index contributed by atoms with van der Waals surface area (Å²) in [5.74, 6) is -0.569. The minimum absolute atomic E-state index is 0.220. The first-order valence-corrected chi connectivity index (χ1v) is 4.28. The molecule has 1 aromatic carbocycles. The Hall–Kier alpha value is -0.670. The van der Waals surface area contributed by atoms with Crippen LogP contribution in [0.25, 0.3) is 0 Å². The van der Waals surface area contributed by atoms with Crippen LogP contribution < -0.4 is 0 Å². The van der Waals surface area contributed by atoms with Gasteiger partial charge in [0.15, 0.2) is 0 Å². The fourth-order valence-electron chi connectivity index (χ4n) is 0.886. The van der Waals surface area contributed by atoms with Crippen LogP contribution in [0.2, 0.25) is 5.02 Å². The van der Waals surface area contributed by atoms with Crippen LogP contribution in [0.4, 0.5) is 0 Å². The van der Waals surface area contributed by atoms with E-state index in [4.69, 9.17) is 16.7 Å². The maximum Gasteiger partial charge on any atom is 0.336 e. The Morgan fingerprint density at radius 1 is 1.58 bits per heavy atom. The highest BCUT2D eigenvalue weighted by molar-refractivity contribution is 7.79. The molecule has 0 saturated carbocycles. The van der Waals surface area contributed by atoms with E-state index in [1.54, 1.807) is 12.1 Å². The van der Waals surface area contributed by atoms with Crippen LogP contribution in [-0.4, -0.2) is 11.1 Å². The lowest BCUT2D eigenvalue weighted by atomic mass is 10.1. The van der Waals surface area contributed by atoms with Crippen LogP contribution in [0.5, 0.6) is 0 Å². The lowest BCUT2D eigenvalue weighted by molar-refractivity contribution is 0.0696. The second kappa shape index (κ2) is 3.83. The van der Waals surface area contributed by atoms with Crippen molar-refractivity contribution in [1.29, 1.82) is 0 Å². The second-order valence-electron chi connectivity index (χ2n) is 2.26. The van der Waals surface area contributed by atoms with Gasteiger partial charge in [0.05, 0.1) is 5.56 Å². The van der Waals surface area contributed by atoms with E-state index in [-0.39, 0.29) is 5.56 Å². The first-order valence-electron chi connectivity index (χ1n) is 3.27. The maximum absolute atomic E-state index is 10.6. The standard InChI is InChI=1S/C8H7ClO2S/c9-6-2-1-5(4-12)7(3-6)8(10)11/h1-3,12H,4H2,(H,10,11). The third-order valence-electron chi connectivity index (χ3n) is 1.47. The maximum atomic E-state index is 10.6. The molecular formula is C8H7ClO2S. The van der Waals surface area contributed by atoms with Crippen molar-refractivity contribution in [2.45, 2.75) is 5.75 Å². The van der Waals surface area contributed by atoms with Gasteiger partial charge in [-0.05, 0) is 17.7 Å². The van der Waals surface area contributed by atoms with Gasteiger partial charge in [0.2, 0.25) is 0 Å². The highest BCUT2D eigenvalue weighted by atomic mass is 35.5. The molecule has 0 aromatic heterocycles. The summed E-state index contributed by atoms with van der Waals surface area (Å²) >= 11 is 9.63. The van der Waals surface area contributed by atoms with E-state index >= 15 is 0 Å². The average Bonchev–Trinajstić information content (AvgIpc) is 2.04. The molecule has 0 aliphatic heterocycles. The highest BCUT2D eigenvalue weighted by Gasteiger charge is 2.08. The van der Waals surface area contributed by atoms with Crippen molar-refractivity contribution in [2.24, 2.45) is 0 Å². The largest absolute Gasteiger partial charge is 0.478 e. The average molecular weight is 203 g/mol. The van der Waals surface area contributed by atoms with Crippen molar-refractivity contribution in [3.63, 3.8) is 0 Å². The van der Waals surface area contributed by atoms with Crippen LogP contribution in [0.15, 0.2) is 18.2 Å². The molecule has 1 aromatic rings. The summed E-state index contributed by atoms with van der Waals surface area (Å²) in [4.78, 5) is 10.6. The van der Waals surface area contributed by atoms with E-state index < -0.39 is 5.97 Å². The quantitative estimate of drug-likeness (QED) is 0.723. The number of thiol groups is 1. The number of carboxylic acid groups (broad SMARTS) is 1. The molecule has 0 amide bonds. The zero-order valence-corrected chi connectivity index (χ0v) is 7.77. The highest BCUT2D eigenvalue weighted by Crippen LogP contribution is 2.17. The summed E-state index contributed by atoms with van der Waals surface area (Å²) in [5, 5.41) is 9.16. The van der Waals surface area contributed by atoms with Crippen molar-refractivity contribution in [2.75, 3.05) is 0 Å². The molecule has 0 saturated heterocycles. The van der Waals surface area contributed by atoms with Gasteiger partial charge in [-0.3, -0.25) is 0 Å². The lowest BCUT2D eigenvalue weighted by Gasteiger charge is -2.02. The minimum atomic E-state index is -0.971. The molecule has 0 aliphatic carbocycles. The molecule has 12 heavy (non-hydrogen) atoms. The zero-order chi connectivity index (χ0) is 9.14. The molecule has 0 radical (unpaired) electrons. The normalized spacial score (nSPS) is 9.83. The number of halogens is 1. The molecule has 0 spiro atoms. The van der Waals surface area contributed by atoms with Crippen molar-refractivity contribution < 1.29 is 9.90 Å². The third kappa shape index (κ3) is 1.93. The summed E-state index contributed by atoms with van der Waals surface area (Å²) in [5.41, 5.74) is 0.896. The fraction of sp³-hybridized carbons (Fsp3) is 0.125. The zero-order valence-electron chi connectivity index (χ0n) is 6.12. The first kappa shape index (κ1) is 9.42.